The Morgan fingerprint density at radius 3 is 2.00 bits per heavy atom. The number of rotatable bonds is 9. The average molecular weight is 554 g/mol. The van der Waals surface area contributed by atoms with Gasteiger partial charge in [-0.05, 0) is 48.5 Å². The van der Waals surface area contributed by atoms with E-state index in [0.29, 0.717) is 74.0 Å². The van der Waals surface area contributed by atoms with E-state index < -0.39 is 6.03 Å². The number of carbonyl (C=O) groups is 2. The highest BCUT2D eigenvalue weighted by Gasteiger charge is 2.18. The first kappa shape index (κ1) is 27.7. The molecule has 41 heavy (non-hydrogen) atoms. The predicted molar refractivity (Wildman–Crippen MR) is 157 cm³/mol. The minimum Gasteiger partial charge on any atom is -0.383 e. The molecular weight excluding hydrogens is 522 g/mol. The van der Waals surface area contributed by atoms with Crippen LogP contribution in [0.25, 0.3) is 22.8 Å². The molecule has 0 saturated carbocycles. The number of carbonyl (C=O) groups excluding carboxylic acids is 2. The molecule has 1 aliphatic heterocycles. The monoisotopic (exact) mass is 553 g/mol. The number of morpholine rings is 1. The Labute approximate surface area is 237 Å². The Balaban J connectivity index is 1.26. The fourth-order valence-electron chi connectivity index (χ4n) is 4.18. The molecule has 0 aliphatic carbocycles. The van der Waals surface area contributed by atoms with Crippen LogP contribution in [0, 0.1) is 0 Å². The van der Waals surface area contributed by atoms with E-state index in [1.165, 1.54) is 0 Å². The molecule has 3 N–H and O–H groups in total. The molecule has 3 aromatic carbocycles. The molecule has 1 aromatic heterocycles. The Bertz CT molecular complexity index is 1460. The van der Waals surface area contributed by atoms with Crippen molar-refractivity contribution in [2.75, 3.05) is 62.1 Å². The molecule has 0 atom stereocenters. The Hall–Kier alpha value is -4.87. The van der Waals surface area contributed by atoms with Gasteiger partial charge in [-0.1, -0.05) is 30.3 Å². The molecule has 0 spiro atoms. The summed E-state index contributed by atoms with van der Waals surface area (Å²) in [5.41, 5.74) is 3.35. The van der Waals surface area contributed by atoms with Crippen LogP contribution in [0.3, 0.4) is 0 Å². The van der Waals surface area contributed by atoms with Gasteiger partial charge in [0.05, 0.1) is 19.8 Å². The Kier molecular flexibility index (Phi) is 9.09. The van der Waals surface area contributed by atoms with E-state index in [2.05, 4.69) is 20.9 Å². The first-order valence-corrected chi connectivity index (χ1v) is 13.3. The van der Waals surface area contributed by atoms with Crippen molar-refractivity contribution in [3.05, 3.63) is 84.4 Å². The van der Waals surface area contributed by atoms with E-state index >= 15 is 0 Å². The minimum atomic E-state index is -0.406. The van der Waals surface area contributed by atoms with Crippen LogP contribution < -0.4 is 20.9 Å². The zero-order chi connectivity index (χ0) is 28.4. The van der Waals surface area contributed by atoms with Crippen molar-refractivity contribution in [1.82, 2.24) is 20.3 Å². The number of hydrogen-bond acceptors (Lipinski definition) is 8. The number of anilines is 3. The van der Waals surface area contributed by atoms with E-state index in [0.717, 1.165) is 11.1 Å². The predicted octanol–water partition coefficient (Wildman–Crippen LogP) is 4.06. The minimum absolute atomic E-state index is 0.204. The van der Waals surface area contributed by atoms with Gasteiger partial charge in [0.15, 0.2) is 11.6 Å². The molecule has 4 aromatic rings. The van der Waals surface area contributed by atoms with Crippen LogP contribution in [-0.2, 0) is 9.47 Å². The number of methoxy groups -OCH3 is 1. The summed E-state index contributed by atoms with van der Waals surface area (Å²) in [5, 5.41) is 8.35. The quantitative estimate of drug-likeness (QED) is 0.265. The normalized spacial score (nSPS) is 13.0. The number of urea groups is 1. The molecule has 1 fully saturated rings. The molecule has 2 heterocycles. The smallest absolute Gasteiger partial charge is 0.323 e. The van der Waals surface area contributed by atoms with Gasteiger partial charge in [0, 0.05) is 54.8 Å². The summed E-state index contributed by atoms with van der Waals surface area (Å²) in [6.45, 7) is 3.52. The lowest BCUT2D eigenvalue weighted by atomic mass is 10.1. The van der Waals surface area contributed by atoms with Crippen LogP contribution >= 0.6 is 0 Å². The molecular formula is C30H31N7O4. The topological polar surface area (TPSA) is 131 Å². The lowest BCUT2D eigenvalue weighted by Gasteiger charge is -2.27. The number of aromatic nitrogens is 3. The Morgan fingerprint density at radius 1 is 0.805 bits per heavy atom. The summed E-state index contributed by atoms with van der Waals surface area (Å²) < 4.78 is 10.4. The second-order valence-electron chi connectivity index (χ2n) is 9.23. The van der Waals surface area contributed by atoms with Crippen molar-refractivity contribution >= 4 is 29.3 Å². The second kappa shape index (κ2) is 13.5. The van der Waals surface area contributed by atoms with Gasteiger partial charge in [-0.3, -0.25) is 4.79 Å². The lowest BCUT2D eigenvalue weighted by Crippen LogP contribution is -2.37. The van der Waals surface area contributed by atoms with Crippen molar-refractivity contribution < 1.29 is 19.1 Å². The van der Waals surface area contributed by atoms with Crippen molar-refractivity contribution in [2.45, 2.75) is 0 Å². The number of nitrogens with one attached hydrogen (secondary N) is 3. The molecule has 11 heteroatoms. The highest BCUT2D eigenvalue weighted by Crippen LogP contribution is 2.25. The molecule has 0 bridgehead atoms. The summed E-state index contributed by atoms with van der Waals surface area (Å²) in [5.74, 6) is 1.54. The zero-order valence-corrected chi connectivity index (χ0v) is 22.7. The third-order valence-corrected chi connectivity index (χ3v) is 6.35. The zero-order valence-electron chi connectivity index (χ0n) is 22.7. The maximum atomic E-state index is 12.6. The van der Waals surface area contributed by atoms with Gasteiger partial charge >= 0.3 is 6.03 Å². The summed E-state index contributed by atoms with van der Waals surface area (Å²) >= 11 is 0. The SMILES string of the molecule is COCCNC(=O)c1ccc(NC(=O)Nc2ccc(-c3nc(-c4ccccc4)nc(N4CCOCC4)n3)cc2)cc1. The van der Waals surface area contributed by atoms with Gasteiger partial charge in [0.2, 0.25) is 5.95 Å². The summed E-state index contributed by atoms with van der Waals surface area (Å²) in [6.07, 6.45) is 0. The van der Waals surface area contributed by atoms with Crippen LogP contribution in [0.1, 0.15) is 10.4 Å². The maximum Gasteiger partial charge on any atom is 0.323 e. The van der Waals surface area contributed by atoms with Crippen LogP contribution in [0.2, 0.25) is 0 Å². The molecule has 1 saturated heterocycles. The van der Waals surface area contributed by atoms with Crippen molar-refractivity contribution in [2.24, 2.45) is 0 Å². The summed E-state index contributed by atoms with van der Waals surface area (Å²) in [4.78, 5) is 41.0. The van der Waals surface area contributed by atoms with Crippen molar-refractivity contribution in [1.29, 1.82) is 0 Å². The van der Waals surface area contributed by atoms with Gasteiger partial charge in [0.1, 0.15) is 0 Å². The molecule has 210 valence electrons. The van der Waals surface area contributed by atoms with E-state index in [4.69, 9.17) is 24.4 Å². The van der Waals surface area contributed by atoms with Crippen molar-refractivity contribution in [3.63, 3.8) is 0 Å². The van der Waals surface area contributed by atoms with Gasteiger partial charge in [-0.25, -0.2) is 9.78 Å². The van der Waals surface area contributed by atoms with Crippen molar-refractivity contribution in [3.8, 4) is 22.8 Å². The number of hydrogen-bond donors (Lipinski definition) is 3. The second-order valence-corrected chi connectivity index (χ2v) is 9.23. The summed E-state index contributed by atoms with van der Waals surface area (Å²) in [7, 11) is 1.57. The molecule has 1 aliphatic rings. The standard InChI is InChI=1S/C30H31N7O4/c1-40-18-15-31-28(38)23-9-13-25(14-10-23)33-30(39)32-24-11-7-22(8-12-24)27-34-26(21-5-3-2-4-6-21)35-29(36-27)37-16-19-41-20-17-37/h2-14H,15-20H2,1H3,(H,31,38)(H2,32,33,39). The molecule has 11 nitrogen and oxygen atoms in total. The van der Waals surface area contributed by atoms with Crippen LogP contribution in [0.15, 0.2) is 78.9 Å². The van der Waals surface area contributed by atoms with Gasteiger partial charge in [0.25, 0.3) is 5.91 Å². The number of benzene rings is 3. The third kappa shape index (κ3) is 7.41. The van der Waals surface area contributed by atoms with E-state index in [1.54, 1.807) is 43.5 Å². The number of amides is 3. The molecule has 0 unspecified atom stereocenters. The number of ether oxygens (including phenoxy) is 2. The summed E-state index contributed by atoms with van der Waals surface area (Å²) in [6, 6.07) is 23.3. The van der Waals surface area contributed by atoms with Crippen LogP contribution in [-0.4, -0.2) is 73.5 Å². The van der Waals surface area contributed by atoms with Crippen LogP contribution in [0.4, 0.5) is 22.1 Å². The molecule has 5 rings (SSSR count). The fourth-order valence-corrected chi connectivity index (χ4v) is 4.18. The maximum absolute atomic E-state index is 12.6. The van der Waals surface area contributed by atoms with Gasteiger partial charge in [-0.2, -0.15) is 9.97 Å². The first-order chi connectivity index (χ1) is 20.1. The van der Waals surface area contributed by atoms with Crippen LogP contribution in [0.5, 0.6) is 0 Å². The van der Waals surface area contributed by atoms with E-state index in [1.807, 2.05) is 42.5 Å². The lowest BCUT2D eigenvalue weighted by molar-refractivity contribution is 0.0937. The number of nitrogens with zero attached hydrogens (tertiary/aromatic N) is 4. The largest absolute Gasteiger partial charge is 0.383 e. The fraction of sp³-hybridized carbons (Fsp3) is 0.233. The highest BCUT2D eigenvalue weighted by atomic mass is 16.5. The average Bonchev–Trinajstić information content (AvgIpc) is 3.02. The van der Waals surface area contributed by atoms with E-state index in [-0.39, 0.29) is 5.91 Å². The van der Waals surface area contributed by atoms with Gasteiger partial charge < -0.3 is 30.3 Å². The first-order valence-electron chi connectivity index (χ1n) is 13.3. The highest BCUT2D eigenvalue weighted by molar-refractivity contribution is 6.00. The van der Waals surface area contributed by atoms with Gasteiger partial charge in [-0.15, -0.1) is 0 Å². The van der Waals surface area contributed by atoms with E-state index in [9.17, 15) is 9.59 Å². The third-order valence-electron chi connectivity index (χ3n) is 6.35. The molecule has 0 radical (unpaired) electrons. The molecule has 3 amide bonds. The Morgan fingerprint density at radius 2 is 1.39 bits per heavy atom.